The monoisotopic (exact) mass is 360 g/mol. The Morgan fingerprint density at radius 2 is 1.33 bits per heavy atom. The molecule has 3 aromatic rings. The molecule has 2 aromatic carbocycles. The Labute approximate surface area is 154 Å². The average Bonchev–Trinajstić information content (AvgIpc) is 2.70. The fourth-order valence-electron chi connectivity index (χ4n) is 2.26. The Hall–Kier alpha value is -4.05. The molecule has 7 heteroatoms. The third kappa shape index (κ3) is 4.52. The van der Waals surface area contributed by atoms with Crippen molar-refractivity contribution in [2.75, 3.05) is 10.6 Å². The summed E-state index contributed by atoms with van der Waals surface area (Å²) in [5.41, 5.74) is 1.81. The van der Waals surface area contributed by atoms with Gasteiger partial charge in [-0.1, -0.05) is 0 Å². The first-order chi connectivity index (χ1) is 13.0. The summed E-state index contributed by atoms with van der Waals surface area (Å²) in [6.07, 6.45) is 2.67. The molecule has 0 aliphatic rings. The second-order valence-electron chi connectivity index (χ2n) is 5.57. The van der Waals surface area contributed by atoms with E-state index < -0.39 is 17.6 Å². The molecule has 2 N–H and O–H groups in total. The molecule has 0 unspecified atom stereocenters. The minimum Gasteiger partial charge on any atom is -0.322 e. The van der Waals surface area contributed by atoms with Crippen LogP contribution >= 0.6 is 0 Å². The van der Waals surface area contributed by atoms with Crippen LogP contribution in [-0.2, 0) is 0 Å². The molecule has 0 atom stereocenters. The second-order valence-corrected chi connectivity index (χ2v) is 5.57. The van der Waals surface area contributed by atoms with Crippen LogP contribution in [0.3, 0.4) is 0 Å². The first-order valence-corrected chi connectivity index (χ1v) is 7.88. The molecule has 0 spiro atoms. The first-order valence-electron chi connectivity index (χ1n) is 7.88. The van der Waals surface area contributed by atoms with Gasteiger partial charge in [-0.05, 0) is 54.6 Å². The van der Waals surface area contributed by atoms with Crippen LogP contribution in [0.4, 0.5) is 15.8 Å². The van der Waals surface area contributed by atoms with Crippen molar-refractivity contribution >= 4 is 23.2 Å². The normalized spacial score (nSPS) is 9.93. The highest BCUT2D eigenvalue weighted by Gasteiger charge is 2.12. The zero-order valence-electron chi connectivity index (χ0n) is 13.9. The lowest BCUT2D eigenvalue weighted by Gasteiger charge is -2.08. The second kappa shape index (κ2) is 7.89. The van der Waals surface area contributed by atoms with Gasteiger partial charge in [0.2, 0.25) is 0 Å². The van der Waals surface area contributed by atoms with E-state index in [1.165, 1.54) is 42.7 Å². The highest BCUT2D eigenvalue weighted by atomic mass is 19.1. The van der Waals surface area contributed by atoms with Crippen LogP contribution in [0.2, 0.25) is 0 Å². The highest BCUT2D eigenvalue weighted by Crippen LogP contribution is 2.13. The number of carbonyl (C=O) groups is 2. The standard InChI is InChI=1S/C20H13FN4O2/c21-16-3-7-18(8-4-16)25-20(27)15-9-14(11-23-12-15)19(26)24-17-5-1-13(10-22)2-6-17/h1-9,11-12H,(H,24,26)(H,25,27). The Kier molecular flexibility index (Phi) is 5.19. The fraction of sp³-hybridized carbons (Fsp3) is 0. The maximum Gasteiger partial charge on any atom is 0.257 e. The molecule has 0 radical (unpaired) electrons. The maximum absolute atomic E-state index is 12.9. The molecule has 0 aliphatic carbocycles. The maximum atomic E-state index is 12.9. The number of nitrogens with one attached hydrogen (secondary N) is 2. The number of pyridine rings is 1. The van der Waals surface area contributed by atoms with E-state index in [0.717, 1.165) is 0 Å². The van der Waals surface area contributed by atoms with Gasteiger partial charge in [-0.15, -0.1) is 0 Å². The van der Waals surface area contributed by atoms with Gasteiger partial charge in [0, 0.05) is 23.8 Å². The zero-order chi connectivity index (χ0) is 19.2. The molecule has 6 nitrogen and oxygen atoms in total. The third-order valence-electron chi connectivity index (χ3n) is 3.64. The van der Waals surface area contributed by atoms with Crippen molar-refractivity contribution in [2.45, 2.75) is 0 Å². The number of aromatic nitrogens is 1. The number of rotatable bonds is 4. The molecular formula is C20H13FN4O2. The molecule has 0 fully saturated rings. The zero-order valence-corrected chi connectivity index (χ0v) is 13.9. The number of nitrogens with zero attached hydrogens (tertiary/aromatic N) is 2. The summed E-state index contributed by atoms with van der Waals surface area (Å²) in [6, 6.07) is 15.1. The number of carbonyl (C=O) groups excluding carboxylic acids is 2. The Bertz CT molecular complexity index is 1030. The van der Waals surface area contributed by atoms with Gasteiger partial charge in [0.15, 0.2) is 0 Å². The Morgan fingerprint density at radius 3 is 1.81 bits per heavy atom. The van der Waals surface area contributed by atoms with E-state index in [-0.39, 0.29) is 11.1 Å². The predicted molar refractivity (Wildman–Crippen MR) is 97.7 cm³/mol. The number of benzene rings is 2. The van der Waals surface area contributed by atoms with Crippen LogP contribution in [0, 0.1) is 17.1 Å². The van der Waals surface area contributed by atoms with Crippen molar-refractivity contribution in [2.24, 2.45) is 0 Å². The summed E-state index contributed by atoms with van der Waals surface area (Å²) in [5, 5.41) is 14.1. The molecule has 0 aliphatic heterocycles. The lowest BCUT2D eigenvalue weighted by Crippen LogP contribution is -2.16. The first kappa shape index (κ1) is 17.8. The van der Waals surface area contributed by atoms with E-state index in [9.17, 15) is 14.0 Å². The molecule has 132 valence electrons. The van der Waals surface area contributed by atoms with Gasteiger partial charge in [0.05, 0.1) is 22.8 Å². The molecule has 1 heterocycles. The van der Waals surface area contributed by atoms with Gasteiger partial charge >= 0.3 is 0 Å². The summed E-state index contributed by atoms with van der Waals surface area (Å²) in [5.74, 6) is -1.32. The summed E-state index contributed by atoms with van der Waals surface area (Å²) >= 11 is 0. The van der Waals surface area contributed by atoms with E-state index in [1.807, 2.05) is 6.07 Å². The van der Waals surface area contributed by atoms with Gasteiger partial charge in [-0.2, -0.15) is 5.26 Å². The number of anilines is 2. The van der Waals surface area contributed by atoms with Crippen molar-refractivity contribution < 1.29 is 14.0 Å². The van der Waals surface area contributed by atoms with E-state index in [2.05, 4.69) is 15.6 Å². The van der Waals surface area contributed by atoms with Crippen molar-refractivity contribution in [1.82, 2.24) is 4.98 Å². The molecule has 0 bridgehead atoms. The van der Waals surface area contributed by atoms with Gasteiger partial charge in [0.1, 0.15) is 5.82 Å². The molecule has 0 saturated heterocycles. The van der Waals surface area contributed by atoms with E-state index >= 15 is 0 Å². The minimum absolute atomic E-state index is 0.187. The lowest BCUT2D eigenvalue weighted by molar-refractivity contribution is 0.102. The van der Waals surface area contributed by atoms with Crippen LogP contribution in [0.5, 0.6) is 0 Å². The van der Waals surface area contributed by atoms with Crippen molar-refractivity contribution in [3.63, 3.8) is 0 Å². The topological polar surface area (TPSA) is 94.9 Å². The number of hydrogen-bond acceptors (Lipinski definition) is 4. The number of hydrogen-bond donors (Lipinski definition) is 2. The van der Waals surface area contributed by atoms with Crippen LogP contribution in [0.15, 0.2) is 67.0 Å². The summed E-state index contributed by atoms with van der Waals surface area (Å²) < 4.78 is 12.9. The summed E-state index contributed by atoms with van der Waals surface area (Å²) in [4.78, 5) is 28.6. The average molecular weight is 360 g/mol. The third-order valence-corrected chi connectivity index (χ3v) is 3.64. The smallest absolute Gasteiger partial charge is 0.257 e. The van der Waals surface area contributed by atoms with Crippen molar-refractivity contribution in [3.05, 3.63) is 89.5 Å². The number of halogens is 1. The molecule has 2 amide bonds. The molecule has 1 aromatic heterocycles. The molecular weight excluding hydrogens is 347 g/mol. The Morgan fingerprint density at radius 1 is 0.852 bits per heavy atom. The predicted octanol–water partition coefficient (Wildman–Crippen LogP) is 3.60. The molecule has 3 rings (SSSR count). The highest BCUT2D eigenvalue weighted by molar-refractivity contribution is 6.08. The van der Waals surface area contributed by atoms with Crippen molar-refractivity contribution in [3.8, 4) is 6.07 Å². The van der Waals surface area contributed by atoms with Gasteiger partial charge < -0.3 is 10.6 Å². The van der Waals surface area contributed by atoms with Crippen LogP contribution in [0.25, 0.3) is 0 Å². The van der Waals surface area contributed by atoms with Crippen LogP contribution < -0.4 is 10.6 Å². The summed E-state index contributed by atoms with van der Waals surface area (Å²) in [6.45, 7) is 0. The van der Waals surface area contributed by atoms with Crippen LogP contribution in [-0.4, -0.2) is 16.8 Å². The summed E-state index contributed by atoms with van der Waals surface area (Å²) in [7, 11) is 0. The Balaban J connectivity index is 1.71. The number of amides is 2. The van der Waals surface area contributed by atoms with Crippen molar-refractivity contribution in [1.29, 1.82) is 5.26 Å². The van der Waals surface area contributed by atoms with E-state index in [4.69, 9.17) is 5.26 Å². The van der Waals surface area contributed by atoms with E-state index in [1.54, 1.807) is 24.3 Å². The van der Waals surface area contributed by atoms with Gasteiger partial charge in [0.25, 0.3) is 11.8 Å². The minimum atomic E-state index is -0.470. The molecule has 27 heavy (non-hydrogen) atoms. The van der Waals surface area contributed by atoms with Crippen LogP contribution in [0.1, 0.15) is 26.3 Å². The quantitative estimate of drug-likeness (QED) is 0.743. The lowest BCUT2D eigenvalue weighted by atomic mass is 10.1. The fourth-order valence-corrected chi connectivity index (χ4v) is 2.26. The van der Waals surface area contributed by atoms with Gasteiger partial charge in [-0.3, -0.25) is 14.6 Å². The largest absolute Gasteiger partial charge is 0.322 e. The number of nitriles is 1. The van der Waals surface area contributed by atoms with E-state index in [0.29, 0.717) is 16.9 Å². The van der Waals surface area contributed by atoms with Gasteiger partial charge in [-0.25, -0.2) is 4.39 Å². The SMILES string of the molecule is N#Cc1ccc(NC(=O)c2cncc(C(=O)Nc3ccc(F)cc3)c2)cc1. The molecule has 0 saturated carbocycles.